The third-order valence-corrected chi connectivity index (χ3v) is 7.58. The summed E-state index contributed by atoms with van der Waals surface area (Å²) >= 11 is 4.20. The summed E-state index contributed by atoms with van der Waals surface area (Å²) in [5, 5.41) is 20.1. The second-order valence-corrected chi connectivity index (χ2v) is 9.37. The average molecular weight is 477 g/mol. The van der Waals surface area contributed by atoms with Crippen LogP contribution in [0.2, 0.25) is 5.02 Å². The van der Waals surface area contributed by atoms with Crippen molar-refractivity contribution in [2.75, 3.05) is 4.31 Å². The van der Waals surface area contributed by atoms with E-state index in [0.29, 0.717) is 10.6 Å². The molecule has 3 atom stereocenters. The van der Waals surface area contributed by atoms with Gasteiger partial charge >= 0.3 is 11.9 Å². The van der Waals surface area contributed by atoms with Crippen molar-refractivity contribution in [2.45, 2.75) is 17.9 Å². The van der Waals surface area contributed by atoms with Gasteiger partial charge in [-0.15, -0.1) is 11.3 Å². The molecule has 160 valence electrons. The number of nitrogens with zero attached hydrogens (tertiary/aromatic N) is 1. The molecular formula is C21H15ClNO6S2-. The first-order valence-corrected chi connectivity index (χ1v) is 11.3. The topological polar surface area (TPSA) is 118 Å². The number of carboxylic acid groups (broad SMARTS) is 2. The summed E-state index contributed by atoms with van der Waals surface area (Å²) in [5.74, 6) is -3.11. The van der Waals surface area contributed by atoms with Gasteiger partial charge in [0.15, 0.2) is 5.54 Å². The molecule has 4 rings (SSSR count). The molecule has 0 bridgehead atoms. The number of aromatic carboxylic acids is 1. The number of hydrogen-bond acceptors (Lipinski definition) is 5. The second kappa shape index (κ2) is 8.08. The molecule has 1 aromatic heterocycles. The van der Waals surface area contributed by atoms with Crippen LogP contribution in [0.1, 0.15) is 28.3 Å². The molecule has 0 amide bonds. The number of halogens is 1. The van der Waals surface area contributed by atoms with E-state index in [1.54, 1.807) is 42.5 Å². The highest BCUT2D eigenvalue weighted by molar-refractivity contribution is 7.81. The zero-order chi connectivity index (χ0) is 22.3. The quantitative estimate of drug-likeness (QED) is 0.488. The zero-order valence-corrected chi connectivity index (χ0v) is 18.1. The molecule has 0 spiro atoms. The lowest BCUT2D eigenvalue weighted by Crippen LogP contribution is -2.46. The van der Waals surface area contributed by atoms with Crippen LogP contribution >= 0.6 is 22.9 Å². The predicted molar refractivity (Wildman–Crippen MR) is 117 cm³/mol. The molecule has 7 nitrogen and oxygen atoms in total. The fourth-order valence-electron chi connectivity index (χ4n) is 3.69. The molecule has 1 fully saturated rings. The minimum atomic E-state index is -2.86. The Morgan fingerprint density at radius 2 is 1.84 bits per heavy atom. The van der Waals surface area contributed by atoms with Gasteiger partial charge in [0, 0.05) is 27.1 Å². The summed E-state index contributed by atoms with van der Waals surface area (Å²) in [6, 6.07) is 16.2. The maximum atomic E-state index is 12.3. The summed E-state index contributed by atoms with van der Waals surface area (Å²) in [6.45, 7) is 0. The lowest BCUT2D eigenvalue weighted by atomic mass is 10.0. The highest BCUT2D eigenvalue weighted by Gasteiger charge is 2.66. The van der Waals surface area contributed by atoms with Crippen LogP contribution in [-0.4, -0.2) is 36.5 Å². The van der Waals surface area contributed by atoms with Crippen molar-refractivity contribution in [2.24, 2.45) is 0 Å². The molecule has 1 saturated carbocycles. The molecule has 3 aromatic rings. The van der Waals surface area contributed by atoms with E-state index >= 15 is 0 Å². The third-order valence-electron chi connectivity index (χ3n) is 5.27. The van der Waals surface area contributed by atoms with E-state index in [1.807, 2.05) is 0 Å². The smallest absolute Gasteiger partial charge is 0.335 e. The number of carboxylic acids is 2. The van der Waals surface area contributed by atoms with Crippen molar-refractivity contribution in [1.82, 2.24) is 0 Å². The van der Waals surface area contributed by atoms with Crippen LogP contribution in [0.15, 0.2) is 60.7 Å². The van der Waals surface area contributed by atoms with Crippen LogP contribution in [0.5, 0.6) is 0 Å². The van der Waals surface area contributed by atoms with Crippen LogP contribution in [0.25, 0.3) is 10.4 Å². The van der Waals surface area contributed by atoms with Gasteiger partial charge in [-0.3, -0.25) is 8.51 Å². The highest BCUT2D eigenvalue weighted by atomic mass is 35.5. The van der Waals surface area contributed by atoms with Crippen molar-refractivity contribution in [1.29, 1.82) is 0 Å². The summed E-state index contributed by atoms with van der Waals surface area (Å²) in [6.07, 6.45) is 0.0353. The van der Waals surface area contributed by atoms with Gasteiger partial charge in [-0.2, -0.15) is 0 Å². The number of carbonyl (C=O) groups is 2. The summed E-state index contributed by atoms with van der Waals surface area (Å²) < 4.78 is 25.3. The normalized spacial score (nSPS) is 20.8. The number of anilines is 1. The monoisotopic (exact) mass is 476 g/mol. The van der Waals surface area contributed by atoms with Crippen molar-refractivity contribution < 1.29 is 28.6 Å². The van der Waals surface area contributed by atoms with E-state index in [2.05, 4.69) is 0 Å². The summed E-state index contributed by atoms with van der Waals surface area (Å²) in [7, 11) is 0. The molecule has 31 heavy (non-hydrogen) atoms. The Kier molecular flexibility index (Phi) is 5.61. The van der Waals surface area contributed by atoms with Gasteiger partial charge in [-0.1, -0.05) is 35.9 Å². The molecule has 10 heteroatoms. The maximum absolute atomic E-state index is 12.3. The fourth-order valence-corrected chi connectivity index (χ4v) is 5.86. The third kappa shape index (κ3) is 3.85. The largest absolute Gasteiger partial charge is 0.755 e. The molecular weight excluding hydrogens is 462 g/mol. The van der Waals surface area contributed by atoms with E-state index in [1.165, 1.54) is 18.2 Å². The van der Waals surface area contributed by atoms with Crippen LogP contribution in [0.4, 0.5) is 5.00 Å². The predicted octanol–water partition coefficient (Wildman–Crippen LogP) is 4.38. The SMILES string of the molecule is O=C(O)c1cccc(C2CC2(C(=O)O)N(c2ccc(-c3ccc(Cl)cc3)s2)S(=O)[O-])c1. The minimum absolute atomic E-state index is 0.0135. The summed E-state index contributed by atoms with van der Waals surface area (Å²) in [4.78, 5) is 24.3. The number of benzene rings is 2. The van der Waals surface area contributed by atoms with Gasteiger partial charge in [0.2, 0.25) is 0 Å². The molecule has 1 heterocycles. The zero-order valence-electron chi connectivity index (χ0n) is 15.7. The van der Waals surface area contributed by atoms with Gasteiger partial charge in [0.05, 0.1) is 5.56 Å². The van der Waals surface area contributed by atoms with E-state index in [-0.39, 0.29) is 17.0 Å². The molecule has 0 saturated heterocycles. The van der Waals surface area contributed by atoms with Crippen molar-refractivity contribution in [3.8, 4) is 10.4 Å². The number of rotatable bonds is 7. The van der Waals surface area contributed by atoms with Crippen LogP contribution in [0.3, 0.4) is 0 Å². The minimum Gasteiger partial charge on any atom is -0.755 e. The van der Waals surface area contributed by atoms with Gasteiger partial charge in [-0.05, 0) is 53.9 Å². The van der Waals surface area contributed by atoms with Crippen molar-refractivity contribution in [3.63, 3.8) is 0 Å². The maximum Gasteiger partial charge on any atom is 0.335 e. The molecule has 0 aliphatic heterocycles. The number of thiophene rings is 1. The van der Waals surface area contributed by atoms with Crippen LogP contribution < -0.4 is 4.31 Å². The van der Waals surface area contributed by atoms with E-state index in [4.69, 9.17) is 11.6 Å². The first kappa shape index (κ1) is 21.5. The number of hydrogen-bond donors (Lipinski definition) is 2. The first-order valence-electron chi connectivity index (χ1n) is 9.06. The Morgan fingerprint density at radius 1 is 1.13 bits per heavy atom. The van der Waals surface area contributed by atoms with Crippen molar-refractivity contribution >= 4 is 51.1 Å². The highest BCUT2D eigenvalue weighted by Crippen LogP contribution is 2.58. The Morgan fingerprint density at radius 3 is 2.45 bits per heavy atom. The molecule has 1 aliphatic rings. The molecule has 0 radical (unpaired) electrons. The molecule has 3 unspecified atom stereocenters. The van der Waals surface area contributed by atoms with Crippen LogP contribution in [-0.2, 0) is 16.1 Å². The van der Waals surface area contributed by atoms with E-state index in [0.717, 1.165) is 26.1 Å². The fraction of sp³-hybridized carbons (Fsp3) is 0.143. The molecule has 2 aromatic carbocycles. The van der Waals surface area contributed by atoms with Gasteiger partial charge in [0.1, 0.15) is 5.00 Å². The lowest BCUT2D eigenvalue weighted by molar-refractivity contribution is -0.139. The number of aliphatic carboxylic acids is 1. The summed E-state index contributed by atoms with van der Waals surface area (Å²) in [5.41, 5.74) is -0.415. The van der Waals surface area contributed by atoms with Gasteiger partial charge in [0.25, 0.3) is 0 Å². The van der Waals surface area contributed by atoms with E-state index < -0.39 is 34.7 Å². The lowest BCUT2D eigenvalue weighted by Gasteiger charge is -2.32. The first-order chi connectivity index (χ1) is 14.7. The van der Waals surface area contributed by atoms with Gasteiger partial charge in [-0.25, -0.2) is 9.59 Å². The van der Waals surface area contributed by atoms with Crippen molar-refractivity contribution in [3.05, 3.63) is 76.8 Å². The Labute approximate surface area is 188 Å². The molecule has 2 N–H and O–H groups in total. The standard InChI is InChI=1S/C21H16ClNO6S2/c22-15-6-4-12(5-7-15)17-8-9-18(30-17)23(31(28)29)21(20(26)27)11-16(21)13-2-1-3-14(10-13)19(24)25/h1-10,16H,11H2,(H,24,25)(H,26,27)(H,28,29)/p-1. The molecule has 1 aliphatic carbocycles. The second-order valence-electron chi connectivity index (χ2n) is 7.07. The van der Waals surface area contributed by atoms with Crippen LogP contribution in [0, 0.1) is 0 Å². The average Bonchev–Trinajstić information content (AvgIpc) is 3.30. The van der Waals surface area contributed by atoms with E-state index in [9.17, 15) is 28.6 Å². The Balaban J connectivity index is 1.72. The Bertz CT molecular complexity index is 1190. The van der Waals surface area contributed by atoms with Gasteiger partial charge < -0.3 is 14.8 Å². The Hall–Kier alpha value is -2.72.